The van der Waals surface area contributed by atoms with Crippen LogP contribution in [0.1, 0.15) is 38.8 Å². The van der Waals surface area contributed by atoms with Crippen LogP contribution in [-0.2, 0) is 4.74 Å². The van der Waals surface area contributed by atoms with Crippen molar-refractivity contribution >= 4 is 16.8 Å². The monoisotopic (exact) mass is 391 g/mol. The fraction of sp³-hybridized carbons (Fsp3) is 0.375. The zero-order valence-corrected chi connectivity index (χ0v) is 17.4. The Kier molecular flexibility index (Phi) is 5.69. The highest BCUT2D eigenvalue weighted by molar-refractivity contribution is 5.99. The van der Waals surface area contributed by atoms with Crippen LogP contribution >= 0.6 is 0 Å². The van der Waals surface area contributed by atoms with Gasteiger partial charge in [-0.25, -0.2) is 0 Å². The minimum Gasteiger partial charge on any atom is -0.379 e. The number of hydrogen-bond acceptors (Lipinski definition) is 3. The van der Waals surface area contributed by atoms with E-state index in [9.17, 15) is 4.79 Å². The minimum absolute atomic E-state index is 0.0314. The molecule has 1 amide bonds. The molecule has 2 heterocycles. The van der Waals surface area contributed by atoms with Crippen molar-refractivity contribution in [2.75, 3.05) is 32.8 Å². The van der Waals surface area contributed by atoms with Crippen LogP contribution in [0.25, 0.3) is 10.9 Å². The lowest BCUT2D eigenvalue weighted by Gasteiger charge is -2.35. The molecule has 1 aliphatic rings. The lowest BCUT2D eigenvalue weighted by molar-refractivity contribution is 0.0162. The van der Waals surface area contributed by atoms with E-state index in [0.29, 0.717) is 12.1 Å². The molecule has 2 N–H and O–H groups in total. The van der Waals surface area contributed by atoms with Crippen LogP contribution in [0.3, 0.4) is 0 Å². The molecule has 0 radical (unpaired) electrons. The van der Waals surface area contributed by atoms with E-state index in [2.05, 4.69) is 60.2 Å². The molecule has 29 heavy (non-hydrogen) atoms. The number of H-pyrrole nitrogens is 1. The van der Waals surface area contributed by atoms with Crippen molar-refractivity contribution in [3.8, 4) is 0 Å². The Balaban J connectivity index is 1.53. The molecule has 4 rings (SSSR count). The third kappa shape index (κ3) is 4.21. The summed E-state index contributed by atoms with van der Waals surface area (Å²) in [5, 5.41) is 4.28. The second kappa shape index (κ2) is 8.39. The first-order valence-corrected chi connectivity index (χ1v) is 10.3. The summed E-state index contributed by atoms with van der Waals surface area (Å²) < 4.78 is 5.53. The maximum atomic E-state index is 12.9. The van der Waals surface area contributed by atoms with Crippen molar-refractivity contribution in [3.63, 3.8) is 0 Å². The summed E-state index contributed by atoms with van der Waals surface area (Å²) in [4.78, 5) is 18.7. The predicted octanol–water partition coefficient (Wildman–Crippen LogP) is 3.90. The first kappa shape index (κ1) is 19.7. The smallest absolute Gasteiger partial charge is 0.251 e. The van der Waals surface area contributed by atoms with Gasteiger partial charge in [0.05, 0.1) is 19.3 Å². The number of aromatic amines is 1. The van der Waals surface area contributed by atoms with E-state index in [4.69, 9.17) is 4.74 Å². The van der Waals surface area contributed by atoms with Crippen molar-refractivity contribution in [2.45, 2.75) is 26.8 Å². The number of aromatic nitrogens is 1. The third-order valence-electron chi connectivity index (χ3n) is 5.94. The van der Waals surface area contributed by atoms with Gasteiger partial charge in [-0.2, -0.15) is 0 Å². The van der Waals surface area contributed by atoms with Gasteiger partial charge in [0.2, 0.25) is 0 Å². The van der Waals surface area contributed by atoms with Crippen LogP contribution in [0.5, 0.6) is 0 Å². The molecule has 0 bridgehead atoms. The Labute approximate surface area is 172 Å². The van der Waals surface area contributed by atoms with E-state index in [1.807, 2.05) is 18.2 Å². The fourth-order valence-corrected chi connectivity index (χ4v) is 4.12. The number of morpholine rings is 1. The van der Waals surface area contributed by atoms with Gasteiger partial charge in [0.25, 0.3) is 5.91 Å². The fourth-order valence-electron chi connectivity index (χ4n) is 4.12. The Morgan fingerprint density at radius 1 is 1.14 bits per heavy atom. The Morgan fingerprint density at radius 2 is 1.93 bits per heavy atom. The van der Waals surface area contributed by atoms with E-state index < -0.39 is 0 Å². The number of aryl methyl sites for hydroxylation is 3. The standard InChI is InChI=1S/C24H29N3O2/c1-16-5-4-6-19(13-16)23(27-9-11-29-12-10-27)15-25-24(28)20-7-8-22-21(14-20)17(2)18(3)26-22/h4-8,13-14,23,26H,9-12,15H2,1-3H3,(H,25,28). The second-order valence-corrected chi connectivity index (χ2v) is 7.92. The van der Waals surface area contributed by atoms with Crippen LogP contribution in [-0.4, -0.2) is 48.6 Å². The molecule has 5 heteroatoms. The molecule has 1 aliphatic heterocycles. The van der Waals surface area contributed by atoms with Crippen LogP contribution < -0.4 is 5.32 Å². The number of amides is 1. The van der Waals surface area contributed by atoms with Gasteiger partial charge in [0, 0.05) is 41.8 Å². The van der Waals surface area contributed by atoms with Crippen molar-refractivity contribution < 1.29 is 9.53 Å². The quantitative estimate of drug-likeness (QED) is 0.694. The lowest BCUT2D eigenvalue weighted by Crippen LogP contribution is -2.43. The SMILES string of the molecule is Cc1cccc(C(CNC(=O)c2ccc3[nH]c(C)c(C)c3c2)N2CCOCC2)c1. The Bertz CT molecular complexity index is 1020. The number of ether oxygens (including phenoxy) is 1. The molecule has 2 aromatic carbocycles. The highest BCUT2D eigenvalue weighted by Gasteiger charge is 2.23. The molecule has 1 atom stereocenters. The van der Waals surface area contributed by atoms with E-state index in [0.717, 1.165) is 42.9 Å². The highest BCUT2D eigenvalue weighted by Crippen LogP contribution is 2.24. The maximum Gasteiger partial charge on any atom is 0.251 e. The average Bonchev–Trinajstić information content (AvgIpc) is 3.02. The molecule has 1 fully saturated rings. The summed E-state index contributed by atoms with van der Waals surface area (Å²) in [5.74, 6) is -0.0314. The van der Waals surface area contributed by atoms with Gasteiger partial charge in [-0.05, 0) is 50.1 Å². The topological polar surface area (TPSA) is 57.4 Å². The van der Waals surface area contributed by atoms with Crippen molar-refractivity contribution in [3.05, 3.63) is 70.4 Å². The molecular formula is C24H29N3O2. The summed E-state index contributed by atoms with van der Waals surface area (Å²) in [6.45, 7) is 10.1. The number of hydrogen-bond donors (Lipinski definition) is 2. The minimum atomic E-state index is -0.0314. The first-order valence-electron chi connectivity index (χ1n) is 10.3. The number of nitrogens with zero attached hydrogens (tertiary/aromatic N) is 1. The lowest BCUT2D eigenvalue weighted by atomic mass is 10.0. The number of rotatable bonds is 5. The van der Waals surface area contributed by atoms with Crippen LogP contribution in [0.4, 0.5) is 0 Å². The Morgan fingerprint density at radius 3 is 2.69 bits per heavy atom. The van der Waals surface area contributed by atoms with E-state index in [1.165, 1.54) is 16.7 Å². The summed E-state index contributed by atoms with van der Waals surface area (Å²) in [6, 6.07) is 14.6. The number of carbonyl (C=O) groups excluding carboxylic acids is 1. The second-order valence-electron chi connectivity index (χ2n) is 7.92. The average molecular weight is 392 g/mol. The van der Waals surface area contributed by atoms with Gasteiger partial charge in [0.1, 0.15) is 0 Å². The summed E-state index contributed by atoms with van der Waals surface area (Å²) in [7, 11) is 0. The maximum absolute atomic E-state index is 12.9. The summed E-state index contributed by atoms with van der Waals surface area (Å²) in [6.07, 6.45) is 0. The molecule has 0 aliphatic carbocycles. The molecule has 0 spiro atoms. The zero-order chi connectivity index (χ0) is 20.4. The van der Waals surface area contributed by atoms with Crippen molar-refractivity contribution in [1.29, 1.82) is 0 Å². The first-order chi connectivity index (χ1) is 14.0. The molecule has 5 nitrogen and oxygen atoms in total. The van der Waals surface area contributed by atoms with Gasteiger partial charge in [0.15, 0.2) is 0 Å². The van der Waals surface area contributed by atoms with Crippen LogP contribution in [0.15, 0.2) is 42.5 Å². The largest absolute Gasteiger partial charge is 0.379 e. The van der Waals surface area contributed by atoms with Gasteiger partial charge in [-0.3, -0.25) is 9.69 Å². The molecule has 3 aromatic rings. The van der Waals surface area contributed by atoms with E-state index in [1.54, 1.807) is 0 Å². The molecule has 1 aromatic heterocycles. The molecule has 1 unspecified atom stereocenters. The molecular weight excluding hydrogens is 362 g/mol. The number of fused-ring (bicyclic) bond motifs is 1. The predicted molar refractivity (Wildman–Crippen MR) is 116 cm³/mol. The highest BCUT2D eigenvalue weighted by atomic mass is 16.5. The molecule has 0 saturated carbocycles. The summed E-state index contributed by atoms with van der Waals surface area (Å²) in [5.41, 5.74) is 6.58. The van der Waals surface area contributed by atoms with Gasteiger partial charge >= 0.3 is 0 Å². The van der Waals surface area contributed by atoms with E-state index >= 15 is 0 Å². The van der Waals surface area contributed by atoms with Gasteiger partial charge in [-0.1, -0.05) is 29.8 Å². The normalized spacial score (nSPS) is 16.1. The number of carbonyl (C=O) groups is 1. The zero-order valence-electron chi connectivity index (χ0n) is 17.4. The van der Waals surface area contributed by atoms with Crippen molar-refractivity contribution in [2.24, 2.45) is 0 Å². The number of nitrogens with one attached hydrogen (secondary N) is 2. The molecule has 152 valence electrons. The van der Waals surface area contributed by atoms with E-state index in [-0.39, 0.29) is 11.9 Å². The Hall–Kier alpha value is -2.63. The van der Waals surface area contributed by atoms with Gasteiger partial charge in [-0.15, -0.1) is 0 Å². The van der Waals surface area contributed by atoms with Crippen molar-refractivity contribution in [1.82, 2.24) is 15.2 Å². The van der Waals surface area contributed by atoms with Gasteiger partial charge < -0.3 is 15.0 Å². The summed E-state index contributed by atoms with van der Waals surface area (Å²) >= 11 is 0. The van der Waals surface area contributed by atoms with Crippen LogP contribution in [0.2, 0.25) is 0 Å². The number of benzene rings is 2. The molecule has 1 saturated heterocycles. The van der Waals surface area contributed by atoms with Crippen LogP contribution in [0, 0.1) is 20.8 Å². The third-order valence-corrected chi connectivity index (χ3v) is 5.94.